The van der Waals surface area contributed by atoms with Crippen LogP contribution in [0.15, 0.2) is 0 Å². The Morgan fingerprint density at radius 3 is 0.500 bits per heavy atom. The molecule has 0 N–H and O–H groups in total. The van der Waals surface area contributed by atoms with Gasteiger partial charge in [0.25, 0.3) is 0 Å². The second-order valence-corrected chi connectivity index (χ2v) is 2.68. The van der Waals surface area contributed by atoms with E-state index in [-0.39, 0.29) is 119 Å². The smallest absolute Gasteiger partial charge is 0.822 e. The van der Waals surface area contributed by atoms with Crippen LogP contribution in [-0.2, 0) is 58.6 Å². The van der Waals surface area contributed by atoms with E-state index < -0.39 is 15.6 Å². The summed E-state index contributed by atoms with van der Waals surface area (Å²) in [5, 5.41) is 0. The average molecular weight is 445 g/mol. The molecule has 16 heteroatoms. The molecule has 0 aliphatic rings. The van der Waals surface area contributed by atoms with Gasteiger partial charge in [0.15, 0.2) is 0 Å². The molecule has 0 unspecified atom stereocenters. The first-order valence-electron chi connectivity index (χ1n) is 1.46. The molecule has 16 heavy (non-hydrogen) atoms. The van der Waals surface area contributed by atoms with Crippen LogP contribution in [0, 0.1) is 0 Å². The van der Waals surface area contributed by atoms with Gasteiger partial charge in [-0.05, 0) is 0 Å². The van der Waals surface area contributed by atoms with Crippen molar-refractivity contribution in [1.29, 1.82) is 0 Å². The molecule has 0 saturated carbocycles. The predicted molar refractivity (Wildman–Crippen MR) is 40.8 cm³/mol. The zero-order valence-corrected chi connectivity index (χ0v) is 9.86. The summed E-state index contributed by atoms with van der Waals surface area (Å²) in [4.78, 5) is 51.3. The van der Waals surface area contributed by atoms with Gasteiger partial charge in [0.1, 0.15) is 0 Å². The van der Waals surface area contributed by atoms with Crippen LogP contribution in [0.4, 0.5) is 0 Å². The monoisotopic (exact) mass is 442 g/mol. The number of hydrogen-bond acceptors (Lipinski definition) is 8. The van der Waals surface area contributed by atoms with Gasteiger partial charge in [-0.1, -0.05) is 0 Å². The molecule has 0 spiro atoms. The molecule has 0 aromatic rings. The van der Waals surface area contributed by atoms with E-state index in [4.69, 9.17) is 38.5 Å². The predicted octanol–water partition coefficient (Wildman–Crippen LogP) is -8.41. The third-order valence-corrected chi connectivity index (χ3v) is 0. The minimum absolute atomic E-state index is 0. The minimum atomic E-state index is -5.39. The summed E-state index contributed by atoms with van der Waals surface area (Å²) in [6.45, 7) is 0. The van der Waals surface area contributed by atoms with Crippen molar-refractivity contribution in [3.05, 3.63) is 0 Å². The second-order valence-electron chi connectivity index (χ2n) is 0.894. The van der Waals surface area contributed by atoms with Crippen LogP contribution in [0.1, 0.15) is 0 Å². The van der Waals surface area contributed by atoms with Gasteiger partial charge < -0.3 is 38.5 Å². The van der Waals surface area contributed by atoms with Crippen molar-refractivity contribution in [2.75, 3.05) is 0 Å². The summed E-state index contributed by atoms with van der Waals surface area (Å²) >= 11 is 0. The first kappa shape index (κ1) is 50.1. The van der Waals surface area contributed by atoms with Crippen molar-refractivity contribution in [3.8, 4) is 0 Å². The van der Waals surface area contributed by atoms with Crippen LogP contribution in [0.3, 0.4) is 0 Å². The van der Waals surface area contributed by atoms with Gasteiger partial charge in [-0.2, -0.15) is 15.6 Å². The van der Waals surface area contributed by atoms with E-state index in [1.54, 1.807) is 0 Å². The molecule has 0 aromatic carbocycles. The summed E-state index contributed by atoms with van der Waals surface area (Å²) in [5.74, 6) is 0. The zero-order valence-electron chi connectivity index (χ0n) is 5.11. The van der Waals surface area contributed by atoms with Crippen LogP contribution >= 0.6 is 15.6 Å². The van der Waals surface area contributed by atoms with Crippen LogP contribution < -0.4 is 29.4 Å². The largest absolute Gasteiger partial charge is 2.00 e. The Bertz CT molecular complexity index is 141. The molecule has 0 radical (unpaired) electrons. The molecule has 0 fully saturated rings. The van der Waals surface area contributed by atoms with E-state index in [2.05, 4.69) is 0 Å². The molecular weight excluding hydrogens is 439 g/mol. The maximum atomic E-state index is 8.55. The molecule has 0 bridgehead atoms. The number of hydrogen-bond donors (Lipinski definition) is 0. The van der Waals surface area contributed by atoms with Crippen LogP contribution in [-0.4, -0.2) is 69.2 Å². The molecule has 0 aliphatic heterocycles. The Hall–Kier alpha value is 4.00. The summed E-state index contributed by atoms with van der Waals surface area (Å²) < 4.78 is 17.1. The summed E-state index contributed by atoms with van der Waals surface area (Å²) in [6.07, 6.45) is 0. The van der Waals surface area contributed by atoms with E-state index in [9.17, 15) is 0 Å². The molecule has 0 saturated heterocycles. The van der Waals surface area contributed by atoms with Crippen molar-refractivity contribution in [2.45, 2.75) is 0 Å². The first-order chi connectivity index (χ1) is 4.00. The van der Waals surface area contributed by atoms with Gasteiger partial charge >= 0.3 is 119 Å². The molecule has 8 nitrogen and oxygen atoms in total. The van der Waals surface area contributed by atoms with Crippen molar-refractivity contribution in [2.24, 2.45) is 0 Å². The van der Waals surface area contributed by atoms with E-state index >= 15 is 0 Å². The van der Waals surface area contributed by atoms with Gasteiger partial charge in [-0.3, -0.25) is 0 Å². The molecule has 0 atom stereocenters. The van der Waals surface area contributed by atoms with Gasteiger partial charge in [0.2, 0.25) is 0 Å². The van der Waals surface area contributed by atoms with Crippen LogP contribution in [0.2, 0.25) is 0 Å². The van der Waals surface area contributed by atoms with Crippen molar-refractivity contribution >= 4 is 84.8 Å². The van der Waals surface area contributed by atoms with Gasteiger partial charge in [-0.15, -0.1) is 0 Å². The third-order valence-electron chi connectivity index (χ3n) is 0. The molecule has 0 rings (SSSR count). The summed E-state index contributed by atoms with van der Waals surface area (Å²) in [7, 11) is -10.8. The maximum Gasteiger partial charge on any atom is 2.00 e. The van der Waals surface area contributed by atoms with Crippen molar-refractivity contribution in [3.63, 3.8) is 0 Å². The zero-order chi connectivity index (χ0) is 9.00. The van der Waals surface area contributed by atoms with Gasteiger partial charge in [0.05, 0.1) is 0 Å². The Labute approximate surface area is 170 Å². The number of rotatable bonds is 0. The molecule has 0 amide bonds. The van der Waals surface area contributed by atoms with E-state index in [0.717, 1.165) is 0 Å². The fourth-order valence-electron chi connectivity index (χ4n) is 0. The maximum absolute atomic E-state index is 8.55. The third kappa shape index (κ3) is 325. The average Bonchev–Trinajstić information content (AvgIpc) is 1.12. The topological polar surface area (TPSA) is 172 Å². The van der Waals surface area contributed by atoms with Crippen molar-refractivity contribution in [1.82, 2.24) is 0 Å². The second kappa shape index (κ2) is 24.0. The van der Waals surface area contributed by atoms with E-state index in [0.29, 0.717) is 0 Å². The standard InChI is InChI=1S/3Mg.3Ni.2H3O4P.6H/c;;;;;;2*1-5(2,3)4;;;;;;/h;;;;;;2*(H3,1,2,3,4);;;;;;/q;;;3*+2;;;;;;;;/p-6. The van der Waals surface area contributed by atoms with Gasteiger partial charge in [0, 0.05) is 0 Å². The molecule has 0 heterocycles. The van der Waals surface area contributed by atoms with E-state index in [1.165, 1.54) is 0 Å². The number of phosphoric acid groups is 2. The summed E-state index contributed by atoms with van der Waals surface area (Å²) in [6, 6.07) is 0. The Morgan fingerprint density at radius 1 is 0.500 bits per heavy atom. The quantitative estimate of drug-likeness (QED) is 0.261. The molecule has 100 valence electrons. The summed E-state index contributed by atoms with van der Waals surface area (Å²) in [5.41, 5.74) is 0. The first-order valence-corrected chi connectivity index (χ1v) is 4.38. The Balaban J connectivity index is -0.00000000970. The fourth-order valence-corrected chi connectivity index (χ4v) is 0. The van der Waals surface area contributed by atoms with E-state index in [1.807, 2.05) is 0 Å². The van der Waals surface area contributed by atoms with Crippen molar-refractivity contribution < 1.29 is 88.0 Å². The molecular formula is H6Mg3Ni3O8P2. The fraction of sp³-hybridized carbons (Fsp3) is 0. The van der Waals surface area contributed by atoms with Crippen LogP contribution in [0.5, 0.6) is 0 Å². The normalized spacial score (nSPS) is 7.38. The van der Waals surface area contributed by atoms with Crippen LogP contribution in [0.25, 0.3) is 0 Å². The molecule has 0 aliphatic carbocycles. The Morgan fingerprint density at radius 2 is 0.500 bits per heavy atom. The van der Waals surface area contributed by atoms with Gasteiger partial charge in [-0.25, -0.2) is 0 Å². The SMILES string of the molecule is O=P([O-])([O-])[O-].O=P([O-])([O-])[O-].[MgH2].[MgH2].[MgH2].[Ni+2].[Ni+2].[Ni+2]. The molecule has 0 aromatic heterocycles. The minimum Gasteiger partial charge on any atom is -0.822 e. The Kier molecular flexibility index (Phi) is 75.4.